The van der Waals surface area contributed by atoms with Gasteiger partial charge in [-0.25, -0.2) is 17.8 Å². The standard InChI is InChI=1S/C30H32F4N4O3S/c1-4-26-28(22-9-10-22)36-29(38(26)23-11-6-20(18-35)7-12-23)19(3)37(14-15-42(40,41)5-2)27(39)17-21-8-13-25(31)24(16-21)30(32,33)34/h6-8,11-13,16,19,22H,4-5,9-10,14-15,17H2,1-3H3/t19-/m1/s1. The Kier molecular flexibility index (Phi) is 9.11. The minimum atomic E-state index is -4.94. The van der Waals surface area contributed by atoms with Gasteiger partial charge in [0, 0.05) is 29.6 Å². The fourth-order valence-electron chi connectivity index (χ4n) is 5.00. The van der Waals surface area contributed by atoms with E-state index in [-0.39, 0.29) is 29.5 Å². The number of carbonyl (C=O) groups is 1. The number of hydrogen-bond donors (Lipinski definition) is 0. The second-order valence-electron chi connectivity index (χ2n) is 10.4. The van der Waals surface area contributed by atoms with Crippen molar-refractivity contribution in [3.63, 3.8) is 0 Å². The number of amides is 1. The molecule has 1 heterocycles. The van der Waals surface area contributed by atoms with Gasteiger partial charge in [0.1, 0.15) is 11.6 Å². The van der Waals surface area contributed by atoms with Crippen LogP contribution in [-0.4, -0.2) is 46.8 Å². The molecule has 1 saturated carbocycles. The van der Waals surface area contributed by atoms with Crippen LogP contribution in [0.15, 0.2) is 42.5 Å². The summed E-state index contributed by atoms with van der Waals surface area (Å²) in [6, 6.07) is 10.6. The van der Waals surface area contributed by atoms with Gasteiger partial charge in [-0.3, -0.25) is 9.36 Å². The van der Waals surface area contributed by atoms with Crippen LogP contribution in [0.4, 0.5) is 17.6 Å². The van der Waals surface area contributed by atoms with Crippen LogP contribution in [0.3, 0.4) is 0 Å². The lowest BCUT2D eigenvalue weighted by Gasteiger charge is -2.30. The third-order valence-corrected chi connectivity index (χ3v) is 9.20. The highest BCUT2D eigenvalue weighted by Crippen LogP contribution is 2.43. The Morgan fingerprint density at radius 1 is 1.17 bits per heavy atom. The quantitative estimate of drug-likeness (QED) is 0.254. The van der Waals surface area contributed by atoms with Crippen molar-refractivity contribution in [1.29, 1.82) is 5.26 Å². The molecule has 0 N–H and O–H groups in total. The van der Waals surface area contributed by atoms with Gasteiger partial charge in [0.15, 0.2) is 9.84 Å². The van der Waals surface area contributed by atoms with Gasteiger partial charge >= 0.3 is 6.18 Å². The predicted octanol–water partition coefficient (Wildman–Crippen LogP) is 5.91. The number of aromatic nitrogens is 2. The zero-order valence-electron chi connectivity index (χ0n) is 23.6. The van der Waals surface area contributed by atoms with Crippen molar-refractivity contribution in [3.8, 4) is 11.8 Å². The molecule has 7 nitrogen and oxygen atoms in total. The maximum atomic E-state index is 13.9. The van der Waals surface area contributed by atoms with Gasteiger partial charge in [0.25, 0.3) is 0 Å². The normalized spacial score (nSPS) is 14.4. The van der Waals surface area contributed by atoms with Crippen molar-refractivity contribution < 1.29 is 30.8 Å². The third-order valence-electron chi connectivity index (χ3n) is 7.52. The van der Waals surface area contributed by atoms with Crippen LogP contribution >= 0.6 is 0 Å². The number of halogens is 4. The minimum Gasteiger partial charge on any atom is -0.331 e. The van der Waals surface area contributed by atoms with E-state index >= 15 is 0 Å². The summed E-state index contributed by atoms with van der Waals surface area (Å²) in [4.78, 5) is 20.0. The summed E-state index contributed by atoms with van der Waals surface area (Å²) in [5, 5.41) is 9.26. The van der Waals surface area contributed by atoms with Crippen molar-refractivity contribution in [1.82, 2.24) is 14.5 Å². The Labute approximate surface area is 242 Å². The number of imidazole rings is 1. The second kappa shape index (κ2) is 12.3. The van der Waals surface area contributed by atoms with Gasteiger partial charge in [0.2, 0.25) is 5.91 Å². The van der Waals surface area contributed by atoms with E-state index in [1.54, 1.807) is 31.2 Å². The number of alkyl halides is 3. The molecular weight excluding hydrogens is 572 g/mol. The molecule has 1 fully saturated rings. The lowest BCUT2D eigenvalue weighted by Crippen LogP contribution is -2.39. The summed E-state index contributed by atoms with van der Waals surface area (Å²) < 4.78 is 80.7. The van der Waals surface area contributed by atoms with Gasteiger partial charge in [-0.15, -0.1) is 0 Å². The summed E-state index contributed by atoms with van der Waals surface area (Å²) >= 11 is 0. The summed E-state index contributed by atoms with van der Waals surface area (Å²) in [6.45, 7) is 4.99. The third kappa shape index (κ3) is 6.84. The van der Waals surface area contributed by atoms with Crippen molar-refractivity contribution in [2.24, 2.45) is 0 Å². The number of carbonyl (C=O) groups excluding carboxylic acids is 1. The maximum Gasteiger partial charge on any atom is 0.419 e. The molecule has 0 unspecified atom stereocenters. The van der Waals surface area contributed by atoms with Crippen molar-refractivity contribution >= 4 is 15.7 Å². The molecule has 42 heavy (non-hydrogen) atoms. The monoisotopic (exact) mass is 604 g/mol. The van der Waals surface area contributed by atoms with E-state index in [0.29, 0.717) is 35.6 Å². The first-order valence-corrected chi connectivity index (χ1v) is 15.6. The molecule has 12 heteroatoms. The number of nitrogens with zero attached hydrogens (tertiary/aromatic N) is 4. The predicted molar refractivity (Wildman–Crippen MR) is 149 cm³/mol. The highest BCUT2D eigenvalue weighted by molar-refractivity contribution is 7.91. The maximum absolute atomic E-state index is 13.9. The Hall–Kier alpha value is -3.72. The smallest absolute Gasteiger partial charge is 0.331 e. The average Bonchev–Trinajstić information content (AvgIpc) is 3.72. The van der Waals surface area contributed by atoms with Gasteiger partial charge < -0.3 is 4.90 Å². The Bertz CT molecular complexity index is 1600. The molecule has 0 bridgehead atoms. The molecular formula is C30H32F4N4O3S. The van der Waals surface area contributed by atoms with E-state index in [1.165, 1.54) is 11.8 Å². The molecule has 1 atom stereocenters. The van der Waals surface area contributed by atoms with E-state index in [9.17, 15) is 36.0 Å². The molecule has 0 radical (unpaired) electrons. The van der Waals surface area contributed by atoms with Crippen LogP contribution in [0.5, 0.6) is 0 Å². The van der Waals surface area contributed by atoms with Crippen LogP contribution < -0.4 is 0 Å². The molecule has 0 spiro atoms. The van der Waals surface area contributed by atoms with Crippen molar-refractivity contribution in [2.75, 3.05) is 18.1 Å². The minimum absolute atomic E-state index is 0.0485. The highest BCUT2D eigenvalue weighted by atomic mass is 32.2. The second-order valence-corrected chi connectivity index (χ2v) is 12.9. The first-order chi connectivity index (χ1) is 19.8. The summed E-state index contributed by atoms with van der Waals surface area (Å²) in [5.74, 6) is -1.80. The SMILES string of the molecule is CCc1c(C2CC2)nc([C@@H](C)N(CCS(=O)(=O)CC)C(=O)Cc2ccc(F)c(C(F)(F)F)c2)n1-c1ccc(C#N)cc1. The number of sulfone groups is 1. The molecule has 1 aromatic heterocycles. The largest absolute Gasteiger partial charge is 0.419 e. The first-order valence-electron chi connectivity index (χ1n) is 13.8. The van der Waals surface area contributed by atoms with E-state index in [0.717, 1.165) is 30.3 Å². The van der Waals surface area contributed by atoms with Gasteiger partial charge in [-0.1, -0.05) is 19.9 Å². The van der Waals surface area contributed by atoms with E-state index in [2.05, 4.69) is 6.07 Å². The van der Waals surface area contributed by atoms with E-state index in [1.807, 2.05) is 11.5 Å². The van der Waals surface area contributed by atoms with E-state index < -0.39 is 45.8 Å². The Morgan fingerprint density at radius 2 is 1.83 bits per heavy atom. The fraction of sp³-hybridized carbons (Fsp3) is 0.433. The summed E-state index contributed by atoms with van der Waals surface area (Å²) in [7, 11) is -3.50. The zero-order chi connectivity index (χ0) is 30.8. The summed E-state index contributed by atoms with van der Waals surface area (Å²) in [5.41, 5.74) is 1.49. The molecule has 4 rings (SSSR count). The van der Waals surface area contributed by atoms with E-state index in [4.69, 9.17) is 4.98 Å². The fourth-order valence-corrected chi connectivity index (χ4v) is 5.76. The van der Waals surface area contributed by atoms with Gasteiger partial charge in [0.05, 0.1) is 41.1 Å². The molecule has 3 aromatic rings. The Morgan fingerprint density at radius 3 is 2.38 bits per heavy atom. The topological polar surface area (TPSA) is 96.1 Å². The molecule has 1 aliphatic carbocycles. The lowest BCUT2D eigenvalue weighted by molar-refractivity contribution is -0.140. The molecule has 0 saturated heterocycles. The van der Waals surface area contributed by atoms with Crippen LogP contribution in [-0.2, 0) is 33.6 Å². The molecule has 0 aliphatic heterocycles. The molecule has 2 aromatic carbocycles. The molecule has 224 valence electrons. The Balaban J connectivity index is 1.78. The highest BCUT2D eigenvalue weighted by Gasteiger charge is 2.36. The number of nitriles is 1. The zero-order valence-corrected chi connectivity index (χ0v) is 24.4. The number of benzene rings is 2. The average molecular weight is 605 g/mol. The van der Waals surface area contributed by atoms with Crippen LogP contribution in [0.1, 0.15) is 79.5 Å². The van der Waals surface area contributed by atoms with Crippen LogP contribution in [0.25, 0.3) is 5.69 Å². The molecule has 1 aliphatic rings. The summed E-state index contributed by atoms with van der Waals surface area (Å²) in [6.07, 6.45) is -2.87. The number of rotatable bonds is 11. The number of hydrogen-bond acceptors (Lipinski definition) is 5. The van der Waals surface area contributed by atoms with Gasteiger partial charge in [-0.05, 0) is 68.1 Å². The van der Waals surface area contributed by atoms with Gasteiger partial charge in [-0.2, -0.15) is 18.4 Å². The van der Waals surface area contributed by atoms with Crippen LogP contribution in [0, 0.1) is 17.1 Å². The molecule has 1 amide bonds. The van der Waals surface area contributed by atoms with Crippen LogP contribution in [0.2, 0.25) is 0 Å². The first kappa shape index (κ1) is 31.2. The van der Waals surface area contributed by atoms with Crippen molar-refractivity contribution in [2.45, 2.75) is 64.6 Å². The lowest BCUT2D eigenvalue weighted by atomic mass is 10.1. The van der Waals surface area contributed by atoms with Crippen molar-refractivity contribution in [3.05, 3.63) is 82.2 Å².